The van der Waals surface area contributed by atoms with Crippen LogP contribution in [-0.2, 0) is 0 Å². The third-order valence-corrected chi connectivity index (χ3v) is 5.61. The maximum absolute atomic E-state index is 12.1. The molecule has 2 fully saturated rings. The number of benzene rings is 1. The van der Waals surface area contributed by atoms with Gasteiger partial charge in [0.15, 0.2) is 0 Å². The molecule has 23 heavy (non-hydrogen) atoms. The fourth-order valence-electron chi connectivity index (χ4n) is 4.31. The minimum Gasteiger partial charge on any atom is -0.335 e. The van der Waals surface area contributed by atoms with Crippen LogP contribution in [0.5, 0.6) is 0 Å². The van der Waals surface area contributed by atoms with Crippen molar-refractivity contribution >= 4 is 11.7 Å². The van der Waals surface area contributed by atoms with Gasteiger partial charge in [0.25, 0.3) is 0 Å². The molecular weight excluding hydrogens is 284 g/mol. The lowest BCUT2D eigenvalue weighted by Gasteiger charge is -2.32. The van der Waals surface area contributed by atoms with E-state index in [4.69, 9.17) is 0 Å². The largest absolute Gasteiger partial charge is 0.335 e. The highest BCUT2D eigenvalue weighted by Crippen LogP contribution is 2.35. The van der Waals surface area contributed by atoms with E-state index in [1.54, 1.807) is 0 Å². The average molecular weight is 314 g/mol. The molecule has 2 amide bonds. The Balaban J connectivity index is 1.36. The summed E-state index contributed by atoms with van der Waals surface area (Å²) in [6, 6.07) is 9.95. The number of anilines is 1. The van der Waals surface area contributed by atoms with E-state index in [1.807, 2.05) is 30.3 Å². The van der Waals surface area contributed by atoms with Gasteiger partial charge in [-0.25, -0.2) is 4.79 Å². The van der Waals surface area contributed by atoms with Crippen LogP contribution < -0.4 is 10.6 Å². The van der Waals surface area contributed by atoms with Gasteiger partial charge in [0.2, 0.25) is 0 Å². The summed E-state index contributed by atoms with van der Waals surface area (Å²) in [6.07, 6.45) is 13.5. The summed E-state index contributed by atoms with van der Waals surface area (Å²) in [6.45, 7) is 0. The lowest BCUT2D eigenvalue weighted by molar-refractivity contribution is 0.215. The van der Waals surface area contributed by atoms with E-state index < -0.39 is 0 Å². The summed E-state index contributed by atoms with van der Waals surface area (Å²) in [4.78, 5) is 12.1. The van der Waals surface area contributed by atoms with E-state index in [0.29, 0.717) is 6.04 Å². The fraction of sp³-hybridized carbons (Fsp3) is 0.650. The van der Waals surface area contributed by atoms with Crippen LogP contribution in [0.2, 0.25) is 0 Å². The second-order valence-corrected chi connectivity index (χ2v) is 7.42. The summed E-state index contributed by atoms with van der Waals surface area (Å²) in [7, 11) is 0. The first-order valence-corrected chi connectivity index (χ1v) is 9.42. The molecular formula is C20H30N2O. The van der Waals surface area contributed by atoms with Crippen molar-refractivity contribution in [2.24, 2.45) is 11.8 Å². The predicted molar refractivity (Wildman–Crippen MR) is 95.5 cm³/mol. The second-order valence-electron chi connectivity index (χ2n) is 7.42. The van der Waals surface area contributed by atoms with Crippen LogP contribution in [0.4, 0.5) is 10.5 Å². The van der Waals surface area contributed by atoms with E-state index in [9.17, 15) is 4.79 Å². The lowest BCUT2D eigenvalue weighted by atomic mass is 9.76. The number of carbonyl (C=O) groups is 1. The van der Waals surface area contributed by atoms with Gasteiger partial charge in [-0.3, -0.25) is 0 Å². The fourth-order valence-corrected chi connectivity index (χ4v) is 4.31. The molecule has 3 nitrogen and oxygen atoms in total. The Kier molecular flexibility index (Phi) is 5.95. The number of hydrogen-bond acceptors (Lipinski definition) is 1. The van der Waals surface area contributed by atoms with E-state index in [0.717, 1.165) is 30.4 Å². The molecule has 2 aliphatic carbocycles. The molecule has 126 valence electrons. The standard InChI is InChI=1S/C20H30N2O/c23-20(21-18-9-5-2-6-10-18)22-19-13-11-17(12-14-19)15-16-7-3-1-4-8-16/h2,5-6,9-10,16-17,19H,1,3-4,7-8,11-15H2,(H2,21,22,23). The molecule has 0 aliphatic heterocycles. The topological polar surface area (TPSA) is 41.1 Å². The first-order chi connectivity index (χ1) is 11.3. The number of rotatable bonds is 4. The Morgan fingerprint density at radius 1 is 0.870 bits per heavy atom. The second kappa shape index (κ2) is 8.37. The molecule has 3 heteroatoms. The van der Waals surface area contributed by atoms with Gasteiger partial charge in [0, 0.05) is 11.7 Å². The van der Waals surface area contributed by atoms with E-state index in [1.165, 1.54) is 51.4 Å². The molecule has 0 atom stereocenters. The van der Waals surface area contributed by atoms with Crippen molar-refractivity contribution in [2.45, 2.75) is 70.3 Å². The number of para-hydroxylation sites is 1. The molecule has 0 radical (unpaired) electrons. The quantitative estimate of drug-likeness (QED) is 0.774. The Hall–Kier alpha value is -1.51. The van der Waals surface area contributed by atoms with Gasteiger partial charge >= 0.3 is 6.03 Å². The van der Waals surface area contributed by atoms with Crippen molar-refractivity contribution in [3.8, 4) is 0 Å². The van der Waals surface area contributed by atoms with Crippen LogP contribution in [-0.4, -0.2) is 12.1 Å². The lowest BCUT2D eigenvalue weighted by Crippen LogP contribution is -2.40. The Morgan fingerprint density at radius 3 is 2.22 bits per heavy atom. The zero-order valence-electron chi connectivity index (χ0n) is 14.1. The maximum atomic E-state index is 12.1. The highest BCUT2D eigenvalue weighted by molar-refractivity contribution is 5.89. The van der Waals surface area contributed by atoms with Gasteiger partial charge in [-0.2, -0.15) is 0 Å². The van der Waals surface area contributed by atoms with Gasteiger partial charge < -0.3 is 10.6 Å². The summed E-state index contributed by atoms with van der Waals surface area (Å²) < 4.78 is 0. The zero-order chi connectivity index (χ0) is 15.9. The Bertz CT molecular complexity index is 474. The first-order valence-electron chi connectivity index (χ1n) is 9.42. The normalized spacial score (nSPS) is 25.7. The molecule has 0 aromatic heterocycles. The van der Waals surface area contributed by atoms with Crippen LogP contribution in [0.3, 0.4) is 0 Å². The van der Waals surface area contributed by atoms with Gasteiger partial charge in [0.1, 0.15) is 0 Å². The van der Waals surface area contributed by atoms with Crippen LogP contribution >= 0.6 is 0 Å². The molecule has 0 heterocycles. The van der Waals surface area contributed by atoms with Gasteiger partial charge in [-0.1, -0.05) is 50.3 Å². The molecule has 0 unspecified atom stereocenters. The third kappa shape index (κ3) is 5.26. The summed E-state index contributed by atoms with van der Waals surface area (Å²) >= 11 is 0. The van der Waals surface area contributed by atoms with Crippen LogP contribution in [0.15, 0.2) is 30.3 Å². The Morgan fingerprint density at radius 2 is 1.52 bits per heavy atom. The highest BCUT2D eigenvalue weighted by atomic mass is 16.2. The summed E-state index contributed by atoms with van der Waals surface area (Å²) in [5.74, 6) is 1.88. The monoisotopic (exact) mass is 314 g/mol. The molecule has 2 saturated carbocycles. The summed E-state index contributed by atoms with van der Waals surface area (Å²) in [5, 5.41) is 6.06. The van der Waals surface area contributed by atoms with Crippen molar-refractivity contribution in [3.05, 3.63) is 30.3 Å². The predicted octanol–water partition coefficient (Wildman–Crippen LogP) is 5.34. The molecule has 1 aromatic carbocycles. The number of carbonyl (C=O) groups excluding carboxylic acids is 1. The zero-order valence-corrected chi connectivity index (χ0v) is 14.1. The van der Waals surface area contributed by atoms with Gasteiger partial charge in [0.05, 0.1) is 0 Å². The van der Waals surface area contributed by atoms with Crippen molar-refractivity contribution < 1.29 is 4.79 Å². The average Bonchev–Trinajstić information content (AvgIpc) is 2.58. The van der Waals surface area contributed by atoms with E-state index in [2.05, 4.69) is 10.6 Å². The highest BCUT2D eigenvalue weighted by Gasteiger charge is 2.25. The SMILES string of the molecule is O=C(Nc1ccccc1)NC1CCC(CC2CCCCC2)CC1. The maximum Gasteiger partial charge on any atom is 0.319 e. The minimum atomic E-state index is -0.0630. The van der Waals surface area contributed by atoms with Crippen LogP contribution in [0.25, 0.3) is 0 Å². The molecule has 0 bridgehead atoms. The molecule has 3 rings (SSSR count). The number of urea groups is 1. The number of amides is 2. The number of hydrogen-bond donors (Lipinski definition) is 2. The van der Waals surface area contributed by atoms with Crippen LogP contribution in [0, 0.1) is 11.8 Å². The smallest absolute Gasteiger partial charge is 0.319 e. The van der Waals surface area contributed by atoms with E-state index in [-0.39, 0.29) is 6.03 Å². The molecule has 0 spiro atoms. The minimum absolute atomic E-state index is 0.0630. The number of nitrogens with one attached hydrogen (secondary N) is 2. The van der Waals surface area contributed by atoms with Gasteiger partial charge in [-0.15, -0.1) is 0 Å². The third-order valence-electron chi connectivity index (χ3n) is 5.61. The van der Waals surface area contributed by atoms with E-state index >= 15 is 0 Å². The van der Waals surface area contributed by atoms with Crippen molar-refractivity contribution in [3.63, 3.8) is 0 Å². The first kappa shape index (κ1) is 16.4. The summed E-state index contributed by atoms with van der Waals surface area (Å²) in [5.41, 5.74) is 0.857. The molecule has 1 aromatic rings. The van der Waals surface area contributed by atoms with Crippen molar-refractivity contribution in [1.82, 2.24) is 5.32 Å². The van der Waals surface area contributed by atoms with Crippen LogP contribution in [0.1, 0.15) is 64.2 Å². The molecule has 2 aliphatic rings. The Labute approximate surface area is 140 Å². The van der Waals surface area contributed by atoms with Crippen molar-refractivity contribution in [1.29, 1.82) is 0 Å². The molecule has 2 N–H and O–H groups in total. The molecule has 0 saturated heterocycles. The van der Waals surface area contributed by atoms with Gasteiger partial charge in [-0.05, 0) is 56.1 Å². The van der Waals surface area contributed by atoms with Crippen molar-refractivity contribution in [2.75, 3.05) is 5.32 Å².